The lowest BCUT2D eigenvalue weighted by Crippen LogP contribution is -2.24. The Morgan fingerprint density at radius 1 is 0.964 bits per heavy atom. The van der Waals surface area contributed by atoms with E-state index < -0.39 is 0 Å². The number of aromatic hydroxyl groups is 1. The molecule has 7 nitrogen and oxygen atoms in total. The first-order chi connectivity index (χ1) is 13.5. The Morgan fingerprint density at radius 2 is 1.61 bits per heavy atom. The fraction of sp³-hybridized carbons (Fsp3) is 0.0952. The Bertz CT molecular complexity index is 1020. The summed E-state index contributed by atoms with van der Waals surface area (Å²) in [5.41, 5.74) is 8.61. The van der Waals surface area contributed by atoms with Crippen molar-refractivity contribution in [1.29, 1.82) is 0 Å². The number of carbonyl (C=O) groups excluding carboxylic acids is 2. The fourth-order valence-electron chi connectivity index (χ4n) is 2.68. The second-order valence-electron chi connectivity index (χ2n) is 6.21. The lowest BCUT2D eigenvalue weighted by molar-refractivity contribution is 0.0954. The van der Waals surface area contributed by atoms with Crippen LogP contribution in [0, 0.1) is 13.8 Å². The maximum absolute atomic E-state index is 12.4. The molecule has 2 aromatic carbocycles. The van der Waals surface area contributed by atoms with Crippen LogP contribution < -0.4 is 10.9 Å². The molecule has 0 aliphatic carbocycles. The van der Waals surface area contributed by atoms with Gasteiger partial charge in [0.25, 0.3) is 11.8 Å². The second kappa shape index (κ2) is 8.22. The van der Waals surface area contributed by atoms with E-state index in [1.54, 1.807) is 28.9 Å². The van der Waals surface area contributed by atoms with Crippen molar-refractivity contribution < 1.29 is 14.7 Å². The van der Waals surface area contributed by atoms with Crippen molar-refractivity contribution in [2.24, 2.45) is 5.10 Å². The summed E-state index contributed by atoms with van der Waals surface area (Å²) in [7, 11) is 0. The average molecular weight is 376 g/mol. The van der Waals surface area contributed by atoms with Crippen molar-refractivity contribution in [2.75, 3.05) is 5.43 Å². The predicted molar refractivity (Wildman–Crippen MR) is 107 cm³/mol. The number of benzene rings is 2. The van der Waals surface area contributed by atoms with Gasteiger partial charge in [0.15, 0.2) is 0 Å². The molecule has 0 bridgehead atoms. The molecule has 0 spiro atoms. The van der Waals surface area contributed by atoms with Crippen molar-refractivity contribution in [3.63, 3.8) is 0 Å². The maximum atomic E-state index is 12.4. The number of phenolic OH excluding ortho intramolecular Hbond substituents is 1. The summed E-state index contributed by atoms with van der Waals surface area (Å²) in [5.74, 6) is -0.515. The molecule has 7 heteroatoms. The van der Waals surface area contributed by atoms with E-state index in [4.69, 9.17) is 0 Å². The van der Waals surface area contributed by atoms with Crippen molar-refractivity contribution in [3.8, 4) is 5.75 Å². The van der Waals surface area contributed by atoms with Crippen molar-refractivity contribution in [2.45, 2.75) is 13.8 Å². The summed E-state index contributed by atoms with van der Waals surface area (Å²) in [6, 6.07) is 16.7. The summed E-state index contributed by atoms with van der Waals surface area (Å²) < 4.78 is 1.68. The van der Waals surface area contributed by atoms with Crippen LogP contribution in [0.4, 0.5) is 0 Å². The maximum Gasteiger partial charge on any atom is 0.271 e. The third-order valence-electron chi connectivity index (χ3n) is 4.22. The van der Waals surface area contributed by atoms with Gasteiger partial charge in [-0.2, -0.15) is 5.10 Å². The first kappa shape index (κ1) is 18.9. The number of hydrogen-bond donors (Lipinski definition) is 3. The molecule has 0 aliphatic rings. The number of nitrogens with one attached hydrogen (secondary N) is 2. The molecule has 1 aromatic heterocycles. The Kier molecular flexibility index (Phi) is 5.55. The molecule has 0 saturated heterocycles. The molecular weight excluding hydrogens is 356 g/mol. The second-order valence-corrected chi connectivity index (χ2v) is 6.21. The van der Waals surface area contributed by atoms with Crippen molar-refractivity contribution in [1.82, 2.24) is 10.1 Å². The van der Waals surface area contributed by atoms with Crippen LogP contribution in [0.25, 0.3) is 0 Å². The van der Waals surface area contributed by atoms with Crippen LogP contribution in [0.5, 0.6) is 5.75 Å². The third kappa shape index (κ3) is 4.27. The molecule has 3 N–H and O–H groups in total. The summed E-state index contributed by atoms with van der Waals surface area (Å²) in [6.45, 7) is 3.71. The van der Waals surface area contributed by atoms with Crippen LogP contribution in [0.1, 0.15) is 37.7 Å². The van der Waals surface area contributed by atoms with Crippen LogP contribution in [-0.2, 0) is 0 Å². The van der Waals surface area contributed by atoms with Gasteiger partial charge in [0.05, 0.1) is 6.21 Å². The Morgan fingerprint density at radius 3 is 2.29 bits per heavy atom. The molecule has 0 atom stereocenters. The van der Waals surface area contributed by atoms with Gasteiger partial charge in [-0.05, 0) is 56.3 Å². The van der Waals surface area contributed by atoms with Gasteiger partial charge in [-0.25, -0.2) is 5.43 Å². The predicted octanol–water partition coefficient (Wildman–Crippen LogP) is 2.96. The van der Waals surface area contributed by atoms with Crippen LogP contribution in [0.3, 0.4) is 0 Å². The van der Waals surface area contributed by atoms with E-state index >= 15 is 0 Å². The van der Waals surface area contributed by atoms with Gasteiger partial charge in [0.1, 0.15) is 5.75 Å². The number of amides is 2. The quantitative estimate of drug-likeness (QED) is 0.472. The summed E-state index contributed by atoms with van der Waals surface area (Å²) in [6.07, 6.45) is 1.52. The average Bonchev–Trinajstić information content (AvgIpc) is 2.96. The van der Waals surface area contributed by atoms with Gasteiger partial charge in [0.2, 0.25) is 0 Å². The normalized spacial score (nSPS) is 10.8. The van der Waals surface area contributed by atoms with E-state index in [2.05, 4.69) is 16.0 Å². The number of aromatic nitrogens is 1. The van der Waals surface area contributed by atoms with Crippen LogP contribution >= 0.6 is 0 Å². The minimum atomic E-state index is -0.387. The molecule has 2 amide bonds. The highest BCUT2D eigenvalue weighted by Gasteiger charge is 2.12. The van der Waals surface area contributed by atoms with E-state index in [9.17, 15) is 14.7 Å². The highest BCUT2D eigenvalue weighted by molar-refractivity contribution is 6.00. The van der Waals surface area contributed by atoms with Gasteiger partial charge in [-0.15, -0.1) is 0 Å². The van der Waals surface area contributed by atoms with Crippen LogP contribution in [-0.4, -0.2) is 27.8 Å². The minimum Gasteiger partial charge on any atom is -0.508 e. The van der Waals surface area contributed by atoms with E-state index in [1.807, 2.05) is 26.0 Å². The molecule has 0 saturated carbocycles. The standard InChI is InChI=1S/C21H20N4O3/c1-14-12-18(13-22-23-20(27)17-8-10-19(26)11-9-17)15(2)25(14)24-21(28)16-6-4-3-5-7-16/h3-13,26H,1-2H3,(H,23,27)(H,24,28)/b22-13-. The largest absolute Gasteiger partial charge is 0.508 e. The van der Waals surface area contributed by atoms with Gasteiger partial charge in [-0.1, -0.05) is 18.2 Å². The number of aryl methyl sites for hydroxylation is 1. The number of phenols is 1. The van der Waals surface area contributed by atoms with Gasteiger partial charge in [-0.3, -0.25) is 19.7 Å². The Hall–Kier alpha value is -3.87. The lowest BCUT2D eigenvalue weighted by atomic mass is 10.2. The highest BCUT2D eigenvalue weighted by atomic mass is 16.3. The zero-order valence-electron chi connectivity index (χ0n) is 15.5. The fourth-order valence-corrected chi connectivity index (χ4v) is 2.68. The van der Waals surface area contributed by atoms with Gasteiger partial charge >= 0.3 is 0 Å². The molecule has 28 heavy (non-hydrogen) atoms. The number of nitrogens with zero attached hydrogens (tertiary/aromatic N) is 2. The molecule has 1 heterocycles. The molecule has 0 aliphatic heterocycles. The zero-order valence-corrected chi connectivity index (χ0v) is 15.5. The smallest absolute Gasteiger partial charge is 0.271 e. The van der Waals surface area contributed by atoms with E-state index in [0.717, 1.165) is 17.0 Å². The third-order valence-corrected chi connectivity index (χ3v) is 4.22. The van der Waals surface area contributed by atoms with E-state index in [1.165, 1.54) is 30.5 Å². The first-order valence-electron chi connectivity index (χ1n) is 8.63. The zero-order chi connectivity index (χ0) is 20.1. The van der Waals surface area contributed by atoms with Crippen molar-refractivity contribution >= 4 is 18.0 Å². The first-order valence-corrected chi connectivity index (χ1v) is 8.63. The molecule has 3 aromatic rings. The van der Waals surface area contributed by atoms with E-state index in [0.29, 0.717) is 11.1 Å². The highest BCUT2D eigenvalue weighted by Crippen LogP contribution is 2.13. The monoisotopic (exact) mass is 376 g/mol. The number of carbonyl (C=O) groups is 2. The van der Waals surface area contributed by atoms with Crippen molar-refractivity contribution in [3.05, 3.63) is 88.7 Å². The topological polar surface area (TPSA) is 95.7 Å². The van der Waals surface area contributed by atoms with Crippen LogP contribution in [0.15, 0.2) is 65.8 Å². The number of rotatable bonds is 5. The minimum absolute atomic E-state index is 0.0880. The molecule has 0 unspecified atom stereocenters. The summed E-state index contributed by atoms with van der Waals surface area (Å²) >= 11 is 0. The molecule has 3 rings (SSSR count). The number of hydrazone groups is 1. The Labute approximate surface area is 162 Å². The van der Waals surface area contributed by atoms with Gasteiger partial charge < -0.3 is 5.11 Å². The van der Waals surface area contributed by atoms with Gasteiger partial charge in [0, 0.05) is 28.1 Å². The van der Waals surface area contributed by atoms with Crippen LogP contribution in [0.2, 0.25) is 0 Å². The SMILES string of the molecule is Cc1cc(/C=N\NC(=O)c2ccc(O)cc2)c(C)n1NC(=O)c1ccccc1. The lowest BCUT2D eigenvalue weighted by Gasteiger charge is -2.11. The Balaban J connectivity index is 1.69. The molecular formula is C21H20N4O3. The number of hydrogen-bond acceptors (Lipinski definition) is 4. The summed E-state index contributed by atoms with van der Waals surface area (Å²) in [5, 5.41) is 13.2. The molecule has 142 valence electrons. The summed E-state index contributed by atoms with van der Waals surface area (Å²) in [4.78, 5) is 24.4. The molecule has 0 fully saturated rings. The molecule has 0 radical (unpaired) electrons. The van der Waals surface area contributed by atoms with E-state index in [-0.39, 0.29) is 17.6 Å².